The zero-order chi connectivity index (χ0) is 12.0. The average molecular weight is 217 g/mol. The highest BCUT2D eigenvalue weighted by atomic mass is 16.1. The van der Waals surface area contributed by atoms with Gasteiger partial charge >= 0.3 is 0 Å². The van der Waals surface area contributed by atoms with Crippen molar-refractivity contribution < 1.29 is 4.79 Å². The van der Waals surface area contributed by atoms with Crippen LogP contribution in [0, 0.1) is 11.3 Å². The fourth-order valence-electron chi connectivity index (χ4n) is 1.46. The number of nitrogens with two attached hydrogens (primary N) is 1. The molecule has 84 valence electrons. The Morgan fingerprint density at radius 2 is 2.38 bits per heavy atom. The van der Waals surface area contributed by atoms with Gasteiger partial charge in [0.25, 0.3) is 0 Å². The van der Waals surface area contributed by atoms with Gasteiger partial charge in [-0.3, -0.25) is 4.79 Å². The fourth-order valence-corrected chi connectivity index (χ4v) is 1.46. The van der Waals surface area contributed by atoms with Crippen molar-refractivity contribution in [1.29, 1.82) is 5.26 Å². The number of nitrogens with one attached hydrogen (secondary N) is 1. The number of rotatable bonds is 5. The monoisotopic (exact) mass is 217 g/mol. The molecule has 0 aliphatic carbocycles. The van der Waals surface area contributed by atoms with Crippen LogP contribution >= 0.6 is 0 Å². The van der Waals surface area contributed by atoms with E-state index in [4.69, 9.17) is 11.0 Å². The second-order valence-electron chi connectivity index (χ2n) is 3.53. The minimum absolute atomic E-state index is 0.427. The average Bonchev–Trinajstić information content (AvgIpc) is 2.29. The van der Waals surface area contributed by atoms with E-state index in [1.807, 2.05) is 13.0 Å². The van der Waals surface area contributed by atoms with Crippen molar-refractivity contribution in [3.8, 4) is 6.07 Å². The molecule has 0 saturated carbocycles. The van der Waals surface area contributed by atoms with Crippen LogP contribution in [-0.4, -0.2) is 12.5 Å². The van der Waals surface area contributed by atoms with Gasteiger partial charge in [-0.05, 0) is 30.7 Å². The topological polar surface area (TPSA) is 78.9 Å². The van der Waals surface area contributed by atoms with Gasteiger partial charge in [0.15, 0.2) is 0 Å². The number of nitrogens with zero attached hydrogens (tertiary/aromatic N) is 1. The van der Waals surface area contributed by atoms with Gasteiger partial charge in [0, 0.05) is 0 Å². The van der Waals surface area contributed by atoms with E-state index >= 15 is 0 Å². The molecular weight excluding hydrogens is 202 g/mol. The highest BCUT2D eigenvalue weighted by Gasteiger charge is 2.16. The zero-order valence-corrected chi connectivity index (χ0v) is 9.23. The van der Waals surface area contributed by atoms with Crippen molar-refractivity contribution in [2.45, 2.75) is 19.4 Å². The summed E-state index contributed by atoms with van der Waals surface area (Å²) in [5.74, 6) is -0.427. The molecule has 16 heavy (non-hydrogen) atoms. The fraction of sp³-hybridized carbons (Fsp3) is 0.333. The Labute approximate surface area is 95.1 Å². The third kappa shape index (κ3) is 3.07. The molecule has 0 bridgehead atoms. The zero-order valence-electron chi connectivity index (χ0n) is 9.23. The Morgan fingerprint density at radius 3 is 2.94 bits per heavy atom. The smallest absolute Gasteiger partial charge is 0.239 e. The number of hydrogen-bond donors (Lipinski definition) is 2. The van der Waals surface area contributed by atoms with Gasteiger partial charge in [-0.15, -0.1) is 0 Å². The Balaban J connectivity index is 2.92. The van der Waals surface area contributed by atoms with E-state index in [1.54, 1.807) is 24.3 Å². The van der Waals surface area contributed by atoms with E-state index in [0.29, 0.717) is 12.1 Å². The van der Waals surface area contributed by atoms with Crippen LogP contribution in [0.25, 0.3) is 0 Å². The van der Waals surface area contributed by atoms with Crippen LogP contribution in [0.5, 0.6) is 0 Å². The van der Waals surface area contributed by atoms with Crippen LogP contribution in [0.1, 0.15) is 30.5 Å². The molecule has 1 aromatic rings. The summed E-state index contributed by atoms with van der Waals surface area (Å²) in [6.07, 6.45) is 0.918. The minimum Gasteiger partial charge on any atom is -0.368 e. The second kappa shape index (κ2) is 5.89. The van der Waals surface area contributed by atoms with Gasteiger partial charge in [0.2, 0.25) is 5.91 Å². The van der Waals surface area contributed by atoms with Crippen LogP contribution in [0.15, 0.2) is 24.3 Å². The molecular formula is C12H15N3O. The van der Waals surface area contributed by atoms with Gasteiger partial charge in [0.05, 0.1) is 11.6 Å². The van der Waals surface area contributed by atoms with E-state index in [1.165, 1.54) is 0 Å². The van der Waals surface area contributed by atoms with Crippen molar-refractivity contribution >= 4 is 5.91 Å². The predicted octanol–water partition coefficient (Wildman–Crippen LogP) is 1.08. The molecule has 0 aliphatic rings. The van der Waals surface area contributed by atoms with Gasteiger partial charge in [-0.1, -0.05) is 19.1 Å². The molecule has 0 spiro atoms. The van der Waals surface area contributed by atoms with Crippen molar-refractivity contribution in [2.75, 3.05) is 6.54 Å². The lowest BCUT2D eigenvalue weighted by molar-refractivity contribution is -0.120. The summed E-state index contributed by atoms with van der Waals surface area (Å²) in [6.45, 7) is 2.72. The van der Waals surface area contributed by atoms with Gasteiger partial charge in [-0.2, -0.15) is 5.26 Å². The lowest BCUT2D eigenvalue weighted by Crippen LogP contribution is -2.34. The first-order valence-corrected chi connectivity index (χ1v) is 5.21. The molecule has 3 N–H and O–H groups in total. The molecule has 0 fully saturated rings. The molecule has 1 unspecified atom stereocenters. The van der Waals surface area contributed by atoms with Crippen LogP contribution in [0.3, 0.4) is 0 Å². The van der Waals surface area contributed by atoms with Crippen LogP contribution in [0.2, 0.25) is 0 Å². The largest absolute Gasteiger partial charge is 0.368 e. The highest BCUT2D eigenvalue weighted by Crippen LogP contribution is 2.14. The molecule has 4 nitrogen and oxygen atoms in total. The summed E-state index contributed by atoms with van der Waals surface area (Å²) in [4.78, 5) is 11.3. The van der Waals surface area contributed by atoms with Crippen molar-refractivity contribution in [3.63, 3.8) is 0 Å². The normalized spacial score (nSPS) is 11.8. The number of benzene rings is 1. The maximum absolute atomic E-state index is 11.3. The van der Waals surface area contributed by atoms with Crippen LogP contribution in [-0.2, 0) is 4.79 Å². The van der Waals surface area contributed by atoms with E-state index in [9.17, 15) is 4.79 Å². The second-order valence-corrected chi connectivity index (χ2v) is 3.53. The van der Waals surface area contributed by atoms with E-state index in [2.05, 4.69) is 5.32 Å². The standard InChI is InChI=1S/C12H15N3O/c1-2-6-15-11(12(14)16)10-5-3-4-9(7-10)8-13/h3-5,7,11,15H,2,6H2,1H3,(H2,14,16). The number of carbonyl (C=O) groups excluding carboxylic acids is 1. The number of primary amides is 1. The molecule has 0 saturated heterocycles. The number of hydrogen-bond acceptors (Lipinski definition) is 3. The molecule has 1 aromatic carbocycles. The lowest BCUT2D eigenvalue weighted by Gasteiger charge is -2.15. The summed E-state index contributed by atoms with van der Waals surface area (Å²) in [6, 6.07) is 8.43. The SMILES string of the molecule is CCCNC(C(N)=O)c1cccc(C#N)c1. The summed E-state index contributed by atoms with van der Waals surface area (Å²) < 4.78 is 0. The van der Waals surface area contributed by atoms with Crippen molar-refractivity contribution in [3.05, 3.63) is 35.4 Å². The summed E-state index contributed by atoms with van der Waals surface area (Å²) in [5.41, 5.74) is 6.58. The van der Waals surface area contributed by atoms with Gasteiger partial charge in [-0.25, -0.2) is 0 Å². The molecule has 1 rings (SSSR count). The molecule has 0 aromatic heterocycles. The molecule has 4 heteroatoms. The van der Waals surface area contributed by atoms with Crippen molar-refractivity contribution in [2.24, 2.45) is 5.73 Å². The van der Waals surface area contributed by atoms with Crippen LogP contribution in [0.4, 0.5) is 0 Å². The van der Waals surface area contributed by atoms with Crippen molar-refractivity contribution in [1.82, 2.24) is 5.32 Å². The summed E-state index contributed by atoms with van der Waals surface area (Å²) in [7, 11) is 0. The Morgan fingerprint density at radius 1 is 1.62 bits per heavy atom. The molecule has 1 atom stereocenters. The minimum atomic E-state index is -0.520. The highest BCUT2D eigenvalue weighted by molar-refractivity contribution is 5.81. The number of carbonyl (C=O) groups is 1. The Kier molecular flexibility index (Phi) is 4.49. The summed E-state index contributed by atoms with van der Waals surface area (Å²) in [5, 5.41) is 11.8. The van der Waals surface area contributed by atoms with E-state index in [-0.39, 0.29) is 0 Å². The van der Waals surface area contributed by atoms with Gasteiger partial charge < -0.3 is 11.1 Å². The lowest BCUT2D eigenvalue weighted by atomic mass is 10.0. The number of amides is 1. The molecule has 0 aliphatic heterocycles. The first-order chi connectivity index (χ1) is 7.69. The third-order valence-corrected chi connectivity index (χ3v) is 2.23. The third-order valence-electron chi connectivity index (χ3n) is 2.23. The van der Waals surface area contributed by atoms with E-state index in [0.717, 1.165) is 12.0 Å². The quantitative estimate of drug-likeness (QED) is 0.774. The maximum atomic E-state index is 11.3. The summed E-state index contributed by atoms with van der Waals surface area (Å²) >= 11 is 0. The predicted molar refractivity (Wildman–Crippen MR) is 61.4 cm³/mol. The van der Waals surface area contributed by atoms with Crippen LogP contribution < -0.4 is 11.1 Å². The maximum Gasteiger partial charge on any atom is 0.239 e. The Hall–Kier alpha value is -1.86. The Bertz CT molecular complexity index is 409. The van der Waals surface area contributed by atoms with Gasteiger partial charge in [0.1, 0.15) is 6.04 Å². The first-order valence-electron chi connectivity index (χ1n) is 5.21. The molecule has 1 amide bonds. The molecule has 0 radical (unpaired) electrons. The van der Waals surface area contributed by atoms with E-state index < -0.39 is 11.9 Å². The molecule has 0 heterocycles. The first kappa shape index (κ1) is 12.2. The number of nitriles is 1.